The van der Waals surface area contributed by atoms with Crippen molar-refractivity contribution < 1.29 is 0 Å². The van der Waals surface area contributed by atoms with Crippen molar-refractivity contribution in [1.82, 2.24) is 5.32 Å². The first-order chi connectivity index (χ1) is 7.12. The highest BCUT2D eigenvalue weighted by molar-refractivity contribution is 4.93. The highest BCUT2D eigenvalue weighted by Gasteiger charge is 2.36. The zero-order valence-electron chi connectivity index (χ0n) is 10.3. The van der Waals surface area contributed by atoms with E-state index < -0.39 is 0 Å². The molecule has 0 aromatic rings. The lowest BCUT2D eigenvalue weighted by molar-refractivity contribution is 0.269. The number of hydrogen-bond acceptors (Lipinski definition) is 2. The van der Waals surface area contributed by atoms with Crippen LogP contribution in [0.15, 0.2) is 0 Å². The van der Waals surface area contributed by atoms with Gasteiger partial charge in [-0.05, 0) is 49.5 Å². The predicted octanol–water partition coefficient (Wildman–Crippen LogP) is 2.14. The molecular formula is C13H26N2. The van der Waals surface area contributed by atoms with Crippen molar-refractivity contribution in [3.8, 4) is 0 Å². The minimum absolute atomic E-state index is 0.364. The maximum atomic E-state index is 6.16. The lowest BCUT2D eigenvalue weighted by Crippen LogP contribution is -2.43. The van der Waals surface area contributed by atoms with Gasteiger partial charge in [-0.3, -0.25) is 0 Å². The Morgan fingerprint density at radius 3 is 2.67 bits per heavy atom. The molecule has 0 saturated heterocycles. The van der Waals surface area contributed by atoms with Crippen LogP contribution in [0.5, 0.6) is 0 Å². The van der Waals surface area contributed by atoms with Crippen molar-refractivity contribution in [2.45, 2.75) is 52.0 Å². The molecular weight excluding hydrogens is 184 g/mol. The number of nitrogens with two attached hydrogens (primary N) is 1. The maximum Gasteiger partial charge on any atom is 0.0105 e. The summed E-state index contributed by atoms with van der Waals surface area (Å²) in [6.45, 7) is 7.03. The second-order valence-corrected chi connectivity index (χ2v) is 6.10. The third kappa shape index (κ3) is 2.73. The fraction of sp³-hybridized carbons (Fsp3) is 1.00. The Morgan fingerprint density at radius 1 is 1.40 bits per heavy atom. The molecule has 0 aliphatic heterocycles. The molecule has 2 aliphatic rings. The minimum Gasteiger partial charge on any atom is -0.327 e. The molecule has 3 atom stereocenters. The van der Waals surface area contributed by atoms with Crippen LogP contribution in [0.2, 0.25) is 0 Å². The fourth-order valence-electron chi connectivity index (χ4n) is 2.90. The summed E-state index contributed by atoms with van der Waals surface area (Å²) in [5.74, 6) is 1.88. The van der Waals surface area contributed by atoms with E-state index in [0.29, 0.717) is 11.5 Å². The molecule has 3 N–H and O–H groups in total. The highest BCUT2D eigenvalue weighted by Crippen LogP contribution is 2.37. The molecule has 0 bridgehead atoms. The van der Waals surface area contributed by atoms with Crippen LogP contribution in [0.3, 0.4) is 0 Å². The van der Waals surface area contributed by atoms with E-state index >= 15 is 0 Å². The Bertz CT molecular complexity index is 213. The van der Waals surface area contributed by atoms with Gasteiger partial charge in [0.2, 0.25) is 0 Å². The first kappa shape index (κ1) is 11.4. The minimum atomic E-state index is 0.364. The summed E-state index contributed by atoms with van der Waals surface area (Å²) in [7, 11) is 0. The first-order valence-electron chi connectivity index (χ1n) is 6.58. The smallest absolute Gasteiger partial charge is 0.0105 e. The van der Waals surface area contributed by atoms with Crippen molar-refractivity contribution in [3.05, 3.63) is 0 Å². The molecule has 2 aliphatic carbocycles. The van der Waals surface area contributed by atoms with Gasteiger partial charge in [0, 0.05) is 12.6 Å². The molecule has 0 aromatic carbocycles. The molecule has 0 heterocycles. The van der Waals surface area contributed by atoms with E-state index in [2.05, 4.69) is 19.2 Å². The number of hydrogen-bond donors (Lipinski definition) is 2. The van der Waals surface area contributed by atoms with Gasteiger partial charge in [-0.15, -0.1) is 0 Å². The molecule has 2 fully saturated rings. The summed E-state index contributed by atoms with van der Waals surface area (Å²) in [5.41, 5.74) is 6.53. The molecule has 2 rings (SSSR count). The monoisotopic (exact) mass is 210 g/mol. The largest absolute Gasteiger partial charge is 0.327 e. The van der Waals surface area contributed by atoms with Crippen LogP contribution in [0.25, 0.3) is 0 Å². The van der Waals surface area contributed by atoms with Crippen LogP contribution in [-0.2, 0) is 0 Å². The summed E-state index contributed by atoms with van der Waals surface area (Å²) in [5, 5.41) is 3.64. The fourth-order valence-corrected chi connectivity index (χ4v) is 2.90. The maximum absolute atomic E-state index is 6.16. The van der Waals surface area contributed by atoms with Gasteiger partial charge in [-0.25, -0.2) is 0 Å². The summed E-state index contributed by atoms with van der Waals surface area (Å²) >= 11 is 0. The molecule has 0 spiro atoms. The van der Waals surface area contributed by atoms with Crippen molar-refractivity contribution in [3.63, 3.8) is 0 Å². The molecule has 88 valence electrons. The quantitative estimate of drug-likeness (QED) is 0.729. The zero-order chi connectivity index (χ0) is 10.9. The SMILES string of the molecule is CC(CNCC1(C)CCCC1N)C1CC1. The summed E-state index contributed by atoms with van der Waals surface area (Å²) in [6.07, 6.45) is 6.76. The molecule has 0 aromatic heterocycles. The predicted molar refractivity (Wildman–Crippen MR) is 64.7 cm³/mol. The second kappa shape index (κ2) is 4.42. The summed E-state index contributed by atoms with van der Waals surface area (Å²) in [6, 6.07) is 0.418. The lowest BCUT2D eigenvalue weighted by Gasteiger charge is -2.30. The Morgan fingerprint density at radius 2 is 2.13 bits per heavy atom. The highest BCUT2D eigenvalue weighted by atomic mass is 14.9. The lowest BCUT2D eigenvalue weighted by atomic mass is 9.85. The molecule has 0 amide bonds. The summed E-state index contributed by atoms with van der Waals surface area (Å²) in [4.78, 5) is 0. The standard InChI is InChI=1S/C13H26N2/c1-10(11-5-6-11)8-15-9-13(2)7-3-4-12(13)14/h10-12,15H,3-9,14H2,1-2H3. The zero-order valence-corrected chi connectivity index (χ0v) is 10.3. The van der Waals surface area contributed by atoms with E-state index in [-0.39, 0.29) is 0 Å². The van der Waals surface area contributed by atoms with E-state index in [1.165, 1.54) is 38.6 Å². The molecule has 0 radical (unpaired) electrons. The van der Waals surface area contributed by atoms with Crippen molar-refractivity contribution in [2.24, 2.45) is 23.0 Å². The third-order valence-electron chi connectivity index (χ3n) is 4.58. The van der Waals surface area contributed by atoms with Gasteiger partial charge in [0.25, 0.3) is 0 Å². The number of rotatable bonds is 5. The second-order valence-electron chi connectivity index (χ2n) is 6.10. The van der Waals surface area contributed by atoms with Gasteiger partial charge in [-0.1, -0.05) is 20.3 Å². The average molecular weight is 210 g/mol. The van der Waals surface area contributed by atoms with Crippen LogP contribution in [0, 0.1) is 17.3 Å². The van der Waals surface area contributed by atoms with Crippen molar-refractivity contribution in [2.75, 3.05) is 13.1 Å². The average Bonchev–Trinajstić information content (AvgIpc) is 2.96. The van der Waals surface area contributed by atoms with Gasteiger partial charge >= 0.3 is 0 Å². The van der Waals surface area contributed by atoms with Crippen LogP contribution in [0.4, 0.5) is 0 Å². The Hall–Kier alpha value is -0.0800. The first-order valence-corrected chi connectivity index (χ1v) is 6.58. The molecule has 15 heavy (non-hydrogen) atoms. The van der Waals surface area contributed by atoms with Gasteiger partial charge in [0.15, 0.2) is 0 Å². The topological polar surface area (TPSA) is 38.0 Å². The van der Waals surface area contributed by atoms with Crippen molar-refractivity contribution >= 4 is 0 Å². The van der Waals surface area contributed by atoms with Crippen LogP contribution < -0.4 is 11.1 Å². The van der Waals surface area contributed by atoms with E-state index in [0.717, 1.165) is 18.4 Å². The Kier molecular flexibility index (Phi) is 3.36. The van der Waals surface area contributed by atoms with Crippen molar-refractivity contribution in [1.29, 1.82) is 0 Å². The molecule has 3 unspecified atom stereocenters. The van der Waals surface area contributed by atoms with Gasteiger partial charge < -0.3 is 11.1 Å². The normalized spacial score (nSPS) is 38.2. The van der Waals surface area contributed by atoms with Crippen LogP contribution >= 0.6 is 0 Å². The third-order valence-corrected chi connectivity index (χ3v) is 4.58. The van der Waals surface area contributed by atoms with E-state index in [4.69, 9.17) is 5.73 Å². The van der Waals surface area contributed by atoms with Gasteiger partial charge in [0.1, 0.15) is 0 Å². The van der Waals surface area contributed by atoms with Gasteiger partial charge in [0.05, 0.1) is 0 Å². The van der Waals surface area contributed by atoms with E-state index in [1.807, 2.05) is 0 Å². The van der Waals surface area contributed by atoms with Crippen LogP contribution in [0.1, 0.15) is 46.0 Å². The molecule has 2 saturated carbocycles. The van der Waals surface area contributed by atoms with E-state index in [1.54, 1.807) is 0 Å². The molecule has 2 heteroatoms. The van der Waals surface area contributed by atoms with Gasteiger partial charge in [-0.2, -0.15) is 0 Å². The van der Waals surface area contributed by atoms with Crippen LogP contribution in [-0.4, -0.2) is 19.1 Å². The summed E-state index contributed by atoms with van der Waals surface area (Å²) < 4.78 is 0. The van der Waals surface area contributed by atoms with E-state index in [9.17, 15) is 0 Å². The number of nitrogens with one attached hydrogen (secondary N) is 1. The Labute approximate surface area is 94.0 Å². The Balaban J connectivity index is 1.68. The molecule has 2 nitrogen and oxygen atoms in total.